The van der Waals surface area contributed by atoms with E-state index in [1.54, 1.807) is 48.5 Å². The molecule has 0 radical (unpaired) electrons. The highest BCUT2D eigenvalue weighted by atomic mass is 16.5. The zero-order valence-electron chi connectivity index (χ0n) is 14.6. The van der Waals surface area contributed by atoms with Crippen LogP contribution in [0.25, 0.3) is 0 Å². The first-order valence-electron chi connectivity index (χ1n) is 8.35. The van der Waals surface area contributed by atoms with E-state index in [2.05, 4.69) is 6.58 Å². The maximum Gasteiger partial charge on any atom is 0.231 e. The summed E-state index contributed by atoms with van der Waals surface area (Å²) in [6, 6.07) is 25.2. The summed E-state index contributed by atoms with van der Waals surface area (Å²) in [5.74, 6) is 0.532. The zero-order chi connectivity index (χ0) is 19.1. The van der Waals surface area contributed by atoms with E-state index in [0.717, 1.165) is 5.56 Å². The number of Topliss-reactive ketones (excluding diaryl/α,β-unsaturated/α-hetero) is 1. The van der Waals surface area contributed by atoms with Gasteiger partial charge in [0.1, 0.15) is 18.1 Å². The van der Waals surface area contributed by atoms with Gasteiger partial charge in [-0.1, -0.05) is 49.0 Å². The Morgan fingerprint density at radius 2 is 1.59 bits per heavy atom. The molecule has 0 aliphatic carbocycles. The second-order valence-corrected chi connectivity index (χ2v) is 5.76. The van der Waals surface area contributed by atoms with Gasteiger partial charge in [-0.3, -0.25) is 4.79 Å². The molecule has 3 aromatic carbocycles. The molecule has 0 saturated heterocycles. The Labute approximate surface area is 157 Å². The van der Waals surface area contributed by atoms with Crippen molar-refractivity contribution in [3.63, 3.8) is 0 Å². The van der Waals surface area contributed by atoms with Crippen molar-refractivity contribution in [3.05, 3.63) is 108 Å². The Morgan fingerprint density at radius 1 is 0.926 bits per heavy atom. The Bertz CT molecular complexity index is 986. The minimum Gasteiger partial charge on any atom is -0.488 e. The van der Waals surface area contributed by atoms with Gasteiger partial charge in [0.05, 0.1) is 17.2 Å². The van der Waals surface area contributed by atoms with E-state index in [1.165, 1.54) is 0 Å². The topological polar surface area (TPSA) is 59.3 Å². The molecule has 0 aromatic heterocycles. The van der Waals surface area contributed by atoms with Crippen LogP contribution in [0.1, 0.15) is 21.5 Å². The van der Waals surface area contributed by atoms with Gasteiger partial charge in [0.25, 0.3) is 0 Å². The number of nitrogens with zero attached hydrogens (tertiary/aromatic N) is 1. The van der Waals surface area contributed by atoms with Crippen molar-refractivity contribution in [1.29, 1.82) is 5.26 Å². The van der Waals surface area contributed by atoms with Crippen molar-refractivity contribution >= 4 is 5.78 Å². The SMILES string of the molecule is C=C(Oc1ccc(C#N)cc1)C(=O)c1ccccc1OCc1ccccc1. The zero-order valence-corrected chi connectivity index (χ0v) is 14.6. The number of allylic oxidation sites excluding steroid dienone is 1. The molecule has 0 saturated carbocycles. The lowest BCUT2D eigenvalue weighted by Gasteiger charge is -2.12. The highest BCUT2D eigenvalue weighted by Gasteiger charge is 2.17. The minimum absolute atomic E-state index is 0.0181. The van der Waals surface area contributed by atoms with Crippen molar-refractivity contribution in [2.24, 2.45) is 0 Å². The van der Waals surface area contributed by atoms with Crippen LogP contribution in [0, 0.1) is 11.3 Å². The fraction of sp³-hybridized carbons (Fsp3) is 0.0435. The second-order valence-electron chi connectivity index (χ2n) is 5.76. The molecule has 0 aliphatic heterocycles. The van der Waals surface area contributed by atoms with E-state index in [0.29, 0.717) is 29.2 Å². The molecule has 132 valence electrons. The van der Waals surface area contributed by atoms with Gasteiger partial charge in [0.2, 0.25) is 5.78 Å². The lowest BCUT2D eigenvalue weighted by Crippen LogP contribution is -2.10. The van der Waals surface area contributed by atoms with Crippen molar-refractivity contribution in [2.75, 3.05) is 0 Å². The number of nitriles is 1. The summed E-state index contributed by atoms with van der Waals surface area (Å²) in [5.41, 5.74) is 1.90. The molecule has 0 N–H and O–H groups in total. The molecular weight excluding hydrogens is 338 g/mol. The van der Waals surface area contributed by atoms with Crippen LogP contribution in [-0.4, -0.2) is 5.78 Å². The normalized spacial score (nSPS) is 9.89. The van der Waals surface area contributed by atoms with E-state index < -0.39 is 0 Å². The number of ketones is 1. The summed E-state index contributed by atoms with van der Waals surface area (Å²) >= 11 is 0. The standard InChI is InChI=1S/C23H17NO3/c1-17(27-20-13-11-18(15-24)12-14-20)23(25)21-9-5-6-10-22(21)26-16-19-7-3-2-4-8-19/h2-14H,1,16H2. The third-order valence-corrected chi connectivity index (χ3v) is 3.85. The molecule has 0 aliphatic rings. The Morgan fingerprint density at radius 3 is 2.30 bits per heavy atom. The molecule has 0 bridgehead atoms. The quantitative estimate of drug-likeness (QED) is 0.343. The summed E-state index contributed by atoms with van der Waals surface area (Å²) in [7, 11) is 0. The van der Waals surface area contributed by atoms with Gasteiger partial charge >= 0.3 is 0 Å². The predicted octanol–water partition coefficient (Wildman–Crippen LogP) is 4.91. The maximum absolute atomic E-state index is 12.7. The van der Waals surface area contributed by atoms with Gasteiger partial charge < -0.3 is 9.47 Å². The molecule has 0 atom stereocenters. The van der Waals surface area contributed by atoms with E-state index >= 15 is 0 Å². The Balaban J connectivity index is 1.72. The van der Waals surface area contributed by atoms with Crippen molar-refractivity contribution < 1.29 is 14.3 Å². The largest absolute Gasteiger partial charge is 0.488 e. The number of hydrogen-bond donors (Lipinski definition) is 0. The molecular formula is C23H17NO3. The van der Waals surface area contributed by atoms with Crippen LogP contribution in [0.15, 0.2) is 91.2 Å². The van der Waals surface area contributed by atoms with Gasteiger partial charge in [-0.2, -0.15) is 5.26 Å². The predicted molar refractivity (Wildman–Crippen MR) is 102 cm³/mol. The van der Waals surface area contributed by atoms with Gasteiger partial charge in [-0.05, 0) is 42.0 Å². The number of carbonyl (C=O) groups is 1. The lowest BCUT2D eigenvalue weighted by atomic mass is 10.1. The molecule has 3 rings (SSSR count). The highest BCUT2D eigenvalue weighted by Crippen LogP contribution is 2.24. The third kappa shape index (κ3) is 4.62. The molecule has 4 heteroatoms. The molecule has 3 aromatic rings. The molecule has 4 nitrogen and oxygen atoms in total. The lowest BCUT2D eigenvalue weighted by molar-refractivity contribution is 0.0982. The van der Waals surface area contributed by atoms with Gasteiger partial charge in [0, 0.05) is 0 Å². The number of hydrogen-bond acceptors (Lipinski definition) is 4. The average Bonchev–Trinajstić information content (AvgIpc) is 2.73. The summed E-state index contributed by atoms with van der Waals surface area (Å²) in [6.07, 6.45) is 0. The number of ether oxygens (including phenoxy) is 2. The van der Waals surface area contributed by atoms with Crippen LogP contribution in [0.2, 0.25) is 0 Å². The third-order valence-electron chi connectivity index (χ3n) is 3.85. The van der Waals surface area contributed by atoms with Gasteiger partial charge in [-0.15, -0.1) is 0 Å². The van der Waals surface area contributed by atoms with Crippen LogP contribution >= 0.6 is 0 Å². The van der Waals surface area contributed by atoms with Crippen molar-refractivity contribution in [2.45, 2.75) is 6.61 Å². The van der Waals surface area contributed by atoms with Crippen LogP contribution in [-0.2, 0) is 6.61 Å². The molecule has 27 heavy (non-hydrogen) atoms. The molecule has 0 unspecified atom stereocenters. The highest BCUT2D eigenvalue weighted by molar-refractivity contribution is 6.09. The monoisotopic (exact) mass is 355 g/mol. The van der Waals surface area contributed by atoms with E-state index in [-0.39, 0.29) is 11.5 Å². The van der Waals surface area contributed by atoms with E-state index in [9.17, 15) is 4.79 Å². The first-order chi connectivity index (χ1) is 13.2. The van der Waals surface area contributed by atoms with Crippen LogP contribution in [0.5, 0.6) is 11.5 Å². The fourth-order valence-electron chi connectivity index (χ4n) is 2.45. The summed E-state index contributed by atoms with van der Waals surface area (Å²) < 4.78 is 11.4. The summed E-state index contributed by atoms with van der Waals surface area (Å²) in [5, 5.41) is 8.83. The summed E-state index contributed by atoms with van der Waals surface area (Å²) in [6.45, 7) is 4.09. The first-order valence-corrected chi connectivity index (χ1v) is 8.35. The first kappa shape index (κ1) is 18.0. The Kier molecular flexibility index (Phi) is 5.66. The molecule has 0 spiro atoms. The molecule has 0 heterocycles. The Hall–Kier alpha value is -3.84. The second kappa shape index (κ2) is 8.50. The van der Waals surface area contributed by atoms with Crippen LogP contribution in [0.3, 0.4) is 0 Å². The number of para-hydroxylation sites is 1. The minimum atomic E-state index is -0.358. The van der Waals surface area contributed by atoms with Crippen LogP contribution in [0.4, 0.5) is 0 Å². The fourth-order valence-corrected chi connectivity index (χ4v) is 2.45. The molecule has 0 fully saturated rings. The van der Waals surface area contributed by atoms with Gasteiger partial charge in [-0.25, -0.2) is 0 Å². The summed E-state index contributed by atoms with van der Waals surface area (Å²) in [4.78, 5) is 12.7. The van der Waals surface area contributed by atoms with Gasteiger partial charge in [0.15, 0.2) is 5.76 Å². The smallest absolute Gasteiger partial charge is 0.231 e. The van der Waals surface area contributed by atoms with Crippen LogP contribution < -0.4 is 9.47 Å². The van der Waals surface area contributed by atoms with E-state index in [4.69, 9.17) is 14.7 Å². The van der Waals surface area contributed by atoms with Crippen molar-refractivity contribution in [3.8, 4) is 17.6 Å². The van der Waals surface area contributed by atoms with Crippen molar-refractivity contribution in [1.82, 2.24) is 0 Å². The average molecular weight is 355 g/mol. The van der Waals surface area contributed by atoms with E-state index in [1.807, 2.05) is 36.4 Å². The number of benzene rings is 3. The number of rotatable bonds is 7. The molecule has 0 amide bonds. The maximum atomic E-state index is 12.7. The number of carbonyl (C=O) groups excluding carboxylic acids is 1.